The molecule has 3 nitrogen and oxygen atoms in total. The molecular formula is C15H19NO2Si. The van der Waals surface area contributed by atoms with Gasteiger partial charge in [-0.15, -0.1) is 0 Å². The maximum Gasteiger partial charge on any atom is 0.229 e. The lowest BCUT2D eigenvalue weighted by molar-refractivity contribution is 0.563. The first-order valence-corrected chi connectivity index (χ1v) is 9.26. The van der Waals surface area contributed by atoms with Crippen LogP contribution in [0.15, 0.2) is 52.3 Å². The van der Waals surface area contributed by atoms with Gasteiger partial charge in [0.2, 0.25) is 9.04 Å². The third kappa shape index (κ3) is 3.82. The summed E-state index contributed by atoms with van der Waals surface area (Å²) in [6, 6.07) is 10.1. The number of nitrogens with zero attached hydrogens (tertiary/aromatic N) is 1. The molecule has 2 rings (SSSR count). The molecule has 0 N–H and O–H groups in total. The Bertz CT molecular complexity index is 535. The minimum absolute atomic E-state index is 0.0684. The van der Waals surface area contributed by atoms with Crippen LogP contribution in [0.5, 0.6) is 5.75 Å². The fraction of sp³-hybridized carbons (Fsp3) is 0.267. The SMILES string of the molecule is CC(N=Cc1ccoc1)c1ccccc1O[SiH](C)C. The maximum absolute atomic E-state index is 5.95. The average molecular weight is 273 g/mol. The molecule has 0 amide bonds. The molecule has 1 heterocycles. The highest BCUT2D eigenvalue weighted by Gasteiger charge is 2.10. The number of furan rings is 1. The van der Waals surface area contributed by atoms with Crippen molar-refractivity contribution < 1.29 is 8.84 Å². The van der Waals surface area contributed by atoms with Gasteiger partial charge in [-0.25, -0.2) is 0 Å². The molecule has 0 saturated heterocycles. The molecule has 0 aliphatic carbocycles. The first-order chi connectivity index (χ1) is 9.16. The largest absolute Gasteiger partial charge is 0.547 e. The second-order valence-electron chi connectivity index (χ2n) is 4.72. The number of benzene rings is 1. The van der Waals surface area contributed by atoms with Crippen LogP contribution in [0.1, 0.15) is 24.1 Å². The van der Waals surface area contributed by atoms with Gasteiger partial charge in [-0.2, -0.15) is 0 Å². The Balaban J connectivity index is 2.16. The molecule has 100 valence electrons. The quantitative estimate of drug-likeness (QED) is 0.613. The number of rotatable bonds is 5. The molecule has 1 atom stereocenters. The van der Waals surface area contributed by atoms with Gasteiger partial charge < -0.3 is 8.84 Å². The van der Waals surface area contributed by atoms with Crippen molar-refractivity contribution in [3.8, 4) is 5.75 Å². The summed E-state index contributed by atoms with van der Waals surface area (Å²) in [5, 5.41) is 0. The molecule has 0 fully saturated rings. The lowest BCUT2D eigenvalue weighted by Gasteiger charge is -2.16. The maximum atomic E-state index is 5.95. The van der Waals surface area contributed by atoms with Gasteiger partial charge >= 0.3 is 0 Å². The minimum Gasteiger partial charge on any atom is -0.547 e. The molecular weight excluding hydrogens is 254 g/mol. The Labute approximate surface area is 115 Å². The van der Waals surface area contributed by atoms with E-state index in [0.29, 0.717) is 0 Å². The number of para-hydroxylation sites is 1. The standard InChI is InChI=1S/C15H19NO2Si/c1-12(16-10-13-8-9-17-11-13)14-6-4-5-7-15(14)18-19(2)3/h4-12,19H,1-3H3. The molecule has 4 heteroatoms. The Morgan fingerprint density at radius 2 is 2.05 bits per heavy atom. The molecule has 0 aliphatic rings. The van der Waals surface area contributed by atoms with Crippen molar-refractivity contribution in [1.29, 1.82) is 0 Å². The van der Waals surface area contributed by atoms with Gasteiger partial charge in [-0.1, -0.05) is 18.2 Å². The second kappa shape index (κ2) is 6.38. The van der Waals surface area contributed by atoms with Crippen LogP contribution in [-0.4, -0.2) is 15.3 Å². The zero-order valence-electron chi connectivity index (χ0n) is 11.5. The zero-order valence-corrected chi connectivity index (χ0v) is 12.7. The molecule has 2 aromatic rings. The lowest BCUT2D eigenvalue weighted by atomic mass is 10.1. The van der Waals surface area contributed by atoms with E-state index in [0.717, 1.165) is 16.9 Å². The third-order valence-corrected chi connectivity index (χ3v) is 3.45. The van der Waals surface area contributed by atoms with Crippen molar-refractivity contribution in [1.82, 2.24) is 0 Å². The summed E-state index contributed by atoms with van der Waals surface area (Å²) in [6.45, 7) is 6.40. The van der Waals surface area contributed by atoms with Crippen LogP contribution in [0.3, 0.4) is 0 Å². The fourth-order valence-corrected chi connectivity index (χ4v) is 2.54. The topological polar surface area (TPSA) is 34.7 Å². The van der Waals surface area contributed by atoms with E-state index in [1.807, 2.05) is 30.5 Å². The molecule has 0 aliphatic heterocycles. The summed E-state index contributed by atoms with van der Waals surface area (Å²) in [4.78, 5) is 4.56. The number of aliphatic imine (C=N–C) groups is 1. The molecule has 1 aromatic heterocycles. The van der Waals surface area contributed by atoms with Crippen molar-refractivity contribution >= 4 is 15.3 Å². The van der Waals surface area contributed by atoms with Crippen LogP contribution in [0, 0.1) is 0 Å². The van der Waals surface area contributed by atoms with Crippen LogP contribution < -0.4 is 4.43 Å². The Morgan fingerprint density at radius 3 is 2.74 bits per heavy atom. The van der Waals surface area contributed by atoms with E-state index in [-0.39, 0.29) is 6.04 Å². The van der Waals surface area contributed by atoms with Crippen LogP contribution in [0.4, 0.5) is 0 Å². The summed E-state index contributed by atoms with van der Waals surface area (Å²) in [5.41, 5.74) is 2.10. The molecule has 0 bridgehead atoms. The highest BCUT2D eigenvalue weighted by molar-refractivity contribution is 6.49. The van der Waals surface area contributed by atoms with Crippen LogP contribution >= 0.6 is 0 Å². The Morgan fingerprint density at radius 1 is 1.26 bits per heavy atom. The summed E-state index contributed by atoms with van der Waals surface area (Å²) >= 11 is 0. The molecule has 0 radical (unpaired) electrons. The van der Waals surface area contributed by atoms with Gasteiger partial charge in [0, 0.05) is 17.3 Å². The van der Waals surface area contributed by atoms with Gasteiger partial charge in [-0.05, 0) is 32.2 Å². The van der Waals surface area contributed by atoms with E-state index in [4.69, 9.17) is 8.84 Å². The Kier molecular flexibility index (Phi) is 4.57. The monoisotopic (exact) mass is 273 g/mol. The van der Waals surface area contributed by atoms with E-state index >= 15 is 0 Å². The summed E-state index contributed by atoms with van der Waals surface area (Å²) in [5.74, 6) is 0.959. The van der Waals surface area contributed by atoms with Gasteiger partial charge in [0.05, 0.1) is 18.6 Å². The predicted molar refractivity (Wildman–Crippen MR) is 80.7 cm³/mol. The fourth-order valence-electron chi connectivity index (χ4n) is 1.81. The van der Waals surface area contributed by atoms with Crippen LogP contribution in [0.25, 0.3) is 0 Å². The van der Waals surface area contributed by atoms with Crippen LogP contribution in [-0.2, 0) is 0 Å². The van der Waals surface area contributed by atoms with Gasteiger partial charge in [0.15, 0.2) is 0 Å². The van der Waals surface area contributed by atoms with Crippen molar-refractivity contribution in [3.05, 3.63) is 54.0 Å². The highest BCUT2D eigenvalue weighted by Crippen LogP contribution is 2.27. The zero-order chi connectivity index (χ0) is 13.7. The normalized spacial score (nSPS) is 13.1. The average Bonchev–Trinajstić information content (AvgIpc) is 2.89. The third-order valence-electron chi connectivity index (χ3n) is 2.72. The predicted octanol–water partition coefficient (Wildman–Crippen LogP) is 3.82. The van der Waals surface area contributed by atoms with Crippen molar-refractivity contribution in [3.63, 3.8) is 0 Å². The van der Waals surface area contributed by atoms with E-state index in [1.54, 1.807) is 12.5 Å². The van der Waals surface area contributed by atoms with E-state index in [2.05, 4.69) is 31.1 Å². The van der Waals surface area contributed by atoms with Gasteiger partial charge in [0.25, 0.3) is 0 Å². The first kappa shape index (κ1) is 13.6. The molecule has 1 unspecified atom stereocenters. The van der Waals surface area contributed by atoms with Crippen molar-refractivity contribution in [2.45, 2.75) is 26.1 Å². The lowest BCUT2D eigenvalue weighted by Crippen LogP contribution is -2.13. The molecule has 19 heavy (non-hydrogen) atoms. The van der Waals surface area contributed by atoms with Crippen LogP contribution in [0.2, 0.25) is 13.1 Å². The van der Waals surface area contributed by atoms with Gasteiger partial charge in [-0.3, -0.25) is 4.99 Å². The number of hydrogen-bond acceptors (Lipinski definition) is 3. The summed E-state index contributed by atoms with van der Waals surface area (Å²) in [7, 11) is -1.10. The molecule has 1 aromatic carbocycles. The van der Waals surface area contributed by atoms with E-state index < -0.39 is 9.04 Å². The molecule has 0 saturated carbocycles. The van der Waals surface area contributed by atoms with Gasteiger partial charge in [0.1, 0.15) is 5.75 Å². The first-order valence-electron chi connectivity index (χ1n) is 6.48. The molecule has 0 spiro atoms. The van der Waals surface area contributed by atoms with E-state index in [1.165, 1.54) is 0 Å². The van der Waals surface area contributed by atoms with Crippen molar-refractivity contribution in [2.75, 3.05) is 0 Å². The summed E-state index contributed by atoms with van der Waals surface area (Å²) < 4.78 is 11.0. The number of hydrogen-bond donors (Lipinski definition) is 0. The van der Waals surface area contributed by atoms with E-state index in [9.17, 15) is 0 Å². The minimum atomic E-state index is -1.10. The Hall–Kier alpha value is -1.81. The smallest absolute Gasteiger partial charge is 0.229 e. The highest BCUT2D eigenvalue weighted by atomic mass is 28.3. The second-order valence-corrected chi connectivity index (χ2v) is 7.05. The summed E-state index contributed by atoms with van der Waals surface area (Å²) in [6.07, 6.45) is 5.16. The van der Waals surface area contributed by atoms with Crippen molar-refractivity contribution in [2.24, 2.45) is 4.99 Å².